The van der Waals surface area contributed by atoms with Crippen LogP contribution in [0.15, 0.2) is 4.99 Å². The lowest BCUT2D eigenvalue weighted by atomic mass is 10.2. The molecule has 1 rings (SSSR count). The van der Waals surface area contributed by atoms with Crippen molar-refractivity contribution < 1.29 is 4.79 Å². The maximum Gasteiger partial charge on any atom is 0.241 e. The van der Waals surface area contributed by atoms with Crippen molar-refractivity contribution in [2.75, 3.05) is 20.6 Å². The van der Waals surface area contributed by atoms with Crippen molar-refractivity contribution in [1.82, 2.24) is 25.3 Å². The molecule has 1 amide bonds. The molecule has 2 N–H and O–H groups in total. The largest absolute Gasteiger partial charge is 0.354 e. The molecule has 7 heteroatoms. The molecule has 1 aromatic heterocycles. The van der Waals surface area contributed by atoms with Crippen LogP contribution in [-0.4, -0.2) is 53.2 Å². The van der Waals surface area contributed by atoms with Gasteiger partial charge in [0.2, 0.25) is 5.91 Å². The Morgan fingerprint density at radius 2 is 2.04 bits per heavy atom. The average Bonchev–Trinajstić information content (AvgIpc) is 2.74. The molecule has 0 spiro atoms. The summed E-state index contributed by atoms with van der Waals surface area (Å²) < 4.78 is 1.87. The van der Waals surface area contributed by atoms with E-state index in [0.29, 0.717) is 12.5 Å². The number of amides is 1. The highest BCUT2D eigenvalue weighted by Gasteiger charge is 2.11. The van der Waals surface area contributed by atoms with Crippen molar-refractivity contribution in [3.63, 3.8) is 0 Å². The van der Waals surface area contributed by atoms with Gasteiger partial charge in [-0.05, 0) is 27.2 Å². The number of aromatic nitrogens is 2. The quantitative estimate of drug-likeness (QED) is 0.604. The van der Waals surface area contributed by atoms with Gasteiger partial charge in [0.1, 0.15) is 0 Å². The van der Waals surface area contributed by atoms with Gasteiger partial charge in [-0.1, -0.05) is 6.92 Å². The molecule has 0 fully saturated rings. The normalized spacial score (nSPS) is 12.9. The molecule has 1 heterocycles. The molecule has 0 aromatic carbocycles. The number of hydrogen-bond donors (Lipinski definition) is 2. The minimum atomic E-state index is 0.0115. The number of guanidine groups is 1. The van der Waals surface area contributed by atoms with Crippen molar-refractivity contribution in [1.29, 1.82) is 0 Å². The van der Waals surface area contributed by atoms with E-state index in [0.717, 1.165) is 23.4 Å². The lowest BCUT2D eigenvalue weighted by Gasteiger charge is -2.18. The zero-order chi connectivity index (χ0) is 17.6. The first kappa shape index (κ1) is 19.0. The molecular formula is C16H30N6O. The molecule has 130 valence electrons. The van der Waals surface area contributed by atoms with Crippen molar-refractivity contribution in [2.24, 2.45) is 12.0 Å². The summed E-state index contributed by atoms with van der Waals surface area (Å²) in [5, 5.41) is 10.8. The lowest BCUT2D eigenvalue weighted by Crippen LogP contribution is -2.45. The molecule has 23 heavy (non-hydrogen) atoms. The number of likely N-dealkylation sites (N-methyl/N-ethyl adjacent to an activating group) is 1. The Balaban J connectivity index is 2.83. The third kappa shape index (κ3) is 5.58. The average molecular weight is 322 g/mol. The molecule has 1 atom stereocenters. The van der Waals surface area contributed by atoms with E-state index in [1.807, 2.05) is 25.6 Å². The van der Waals surface area contributed by atoms with Gasteiger partial charge in [-0.25, -0.2) is 4.99 Å². The predicted octanol–water partition coefficient (Wildman–Crippen LogP) is 0.959. The van der Waals surface area contributed by atoms with Crippen LogP contribution in [0.1, 0.15) is 37.2 Å². The van der Waals surface area contributed by atoms with Crippen molar-refractivity contribution in [3.05, 3.63) is 17.0 Å². The van der Waals surface area contributed by atoms with Crippen LogP contribution in [0.5, 0.6) is 0 Å². The topological polar surface area (TPSA) is 74.5 Å². The molecule has 0 bridgehead atoms. The number of aryl methyl sites for hydroxylation is 2. The summed E-state index contributed by atoms with van der Waals surface area (Å²) in [5.74, 6) is 0.662. The lowest BCUT2D eigenvalue weighted by molar-refractivity contribution is -0.127. The molecule has 0 radical (unpaired) electrons. The Kier molecular flexibility index (Phi) is 7.06. The van der Waals surface area contributed by atoms with Gasteiger partial charge in [0.15, 0.2) is 5.96 Å². The Morgan fingerprint density at radius 1 is 1.39 bits per heavy atom. The Morgan fingerprint density at radius 3 is 2.52 bits per heavy atom. The molecule has 1 unspecified atom stereocenters. The summed E-state index contributed by atoms with van der Waals surface area (Å²) >= 11 is 0. The Bertz CT molecular complexity index is 561. The molecule has 0 saturated heterocycles. The van der Waals surface area contributed by atoms with Crippen LogP contribution in [0, 0.1) is 13.8 Å². The third-order valence-electron chi connectivity index (χ3n) is 3.96. The number of carbonyl (C=O) groups is 1. The summed E-state index contributed by atoms with van der Waals surface area (Å²) in [4.78, 5) is 17.9. The molecule has 0 saturated carbocycles. The van der Waals surface area contributed by atoms with E-state index in [-0.39, 0.29) is 18.5 Å². The maximum atomic E-state index is 11.8. The standard InChI is InChI=1S/C16H30N6O/c1-8-11(2)19-16(18-10-15(23)21(5)6)17-9-14-12(3)20-22(7)13(14)4/h11H,8-10H2,1-7H3,(H2,17,18,19). The summed E-state index contributed by atoms with van der Waals surface area (Å²) in [6.07, 6.45) is 0.979. The highest BCUT2D eigenvalue weighted by Crippen LogP contribution is 2.12. The number of rotatable bonds is 6. The minimum Gasteiger partial charge on any atom is -0.354 e. The van der Waals surface area contributed by atoms with E-state index in [1.54, 1.807) is 19.0 Å². The van der Waals surface area contributed by atoms with Crippen LogP contribution in [0.4, 0.5) is 0 Å². The van der Waals surface area contributed by atoms with Crippen LogP contribution in [0.25, 0.3) is 0 Å². The smallest absolute Gasteiger partial charge is 0.241 e. The van der Waals surface area contributed by atoms with E-state index in [1.165, 1.54) is 0 Å². The summed E-state index contributed by atoms with van der Waals surface area (Å²) in [7, 11) is 5.42. The van der Waals surface area contributed by atoms with Crippen molar-refractivity contribution in [2.45, 2.75) is 46.7 Å². The number of nitrogens with one attached hydrogen (secondary N) is 2. The van der Waals surface area contributed by atoms with Gasteiger partial charge in [0.05, 0.1) is 18.8 Å². The fourth-order valence-corrected chi connectivity index (χ4v) is 2.01. The first-order chi connectivity index (χ1) is 10.8. The SMILES string of the molecule is CCC(C)NC(=NCc1c(C)nn(C)c1C)NCC(=O)N(C)C. The van der Waals surface area contributed by atoms with Crippen molar-refractivity contribution >= 4 is 11.9 Å². The van der Waals surface area contributed by atoms with E-state index in [4.69, 9.17) is 0 Å². The molecule has 7 nitrogen and oxygen atoms in total. The van der Waals surface area contributed by atoms with Gasteiger partial charge in [0.25, 0.3) is 0 Å². The zero-order valence-electron chi connectivity index (χ0n) is 15.4. The first-order valence-corrected chi connectivity index (χ1v) is 8.00. The monoisotopic (exact) mass is 322 g/mol. The van der Waals surface area contributed by atoms with Gasteiger partial charge in [0, 0.05) is 38.4 Å². The second kappa shape index (κ2) is 8.55. The van der Waals surface area contributed by atoms with Gasteiger partial charge in [-0.15, -0.1) is 0 Å². The van der Waals surface area contributed by atoms with Gasteiger partial charge in [-0.2, -0.15) is 5.10 Å². The number of hydrogen-bond acceptors (Lipinski definition) is 3. The number of nitrogens with zero attached hydrogens (tertiary/aromatic N) is 4. The van der Waals surface area contributed by atoms with Crippen LogP contribution >= 0.6 is 0 Å². The number of carbonyl (C=O) groups excluding carboxylic acids is 1. The van der Waals surface area contributed by atoms with E-state index >= 15 is 0 Å². The second-order valence-electron chi connectivity index (χ2n) is 6.03. The summed E-state index contributed by atoms with van der Waals surface area (Å²) in [6, 6.07) is 0.284. The van der Waals surface area contributed by atoms with Gasteiger partial charge in [-0.3, -0.25) is 9.48 Å². The van der Waals surface area contributed by atoms with Crippen LogP contribution in [0.3, 0.4) is 0 Å². The molecular weight excluding hydrogens is 292 g/mol. The Labute approximate surface area is 139 Å². The first-order valence-electron chi connectivity index (χ1n) is 8.00. The third-order valence-corrected chi connectivity index (χ3v) is 3.96. The van der Waals surface area contributed by atoms with Crippen LogP contribution in [0.2, 0.25) is 0 Å². The molecule has 0 aliphatic rings. The molecule has 0 aliphatic carbocycles. The van der Waals surface area contributed by atoms with E-state index in [9.17, 15) is 4.79 Å². The summed E-state index contributed by atoms with van der Waals surface area (Å²) in [5.41, 5.74) is 3.22. The highest BCUT2D eigenvalue weighted by molar-refractivity contribution is 5.86. The Hall–Kier alpha value is -2.05. The fourth-order valence-electron chi connectivity index (χ4n) is 2.01. The zero-order valence-corrected chi connectivity index (χ0v) is 15.4. The fraction of sp³-hybridized carbons (Fsp3) is 0.688. The highest BCUT2D eigenvalue weighted by atomic mass is 16.2. The summed E-state index contributed by atoms with van der Waals surface area (Å²) in [6.45, 7) is 8.98. The van der Waals surface area contributed by atoms with Gasteiger partial charge >= 0.3 is 0 Å². The second-order valence-corrected chi connectivity index (χ2v) is 6.03. The van der Waals surface area contributed by atoms with Crippen LogP contribution in [-0.2, 0) is 18.4 Å². The predicted molar refractivity (Wildman–Crippen MR) is 93.4 cm³/mol. The van der Waals surface area contributed by atoms with Crippen LogP contribution < -0.4 is 10.6 Å². The molecule has 1 aromatic rings. The maximum absolute atomic E-state index is 11.8. The molecule has 0 aliphatic heterocycles. The van der Waals surface area contributed by atoms with E-state index < -0.39 is 0 Å². The van der Waals surface area contributed by atoms with Crippen molar-refractivity contribution in [3.8, 4) is 0 Å². The number of aliphatic imine (C=N–C) groups is 1. The van der Waals surface area contributed by atoms with E-state index in [2.05, 4.69) is 34.6 Å². The minimum absolute atomic E-state index is 0.0115. The van der Waals surface area contributed by atoms with Gasteiger partial charge < -0.3 is 15.5 Å².